The number of carbonyl (C=O) groups is 4. The van der Waals surface area contributed by atoms with Crippen LogP contribution in [0.15, 0.2) is 47.6 Å². The van der Waals surface area contributed by atoms with Crippen molar-refractivity contribution in [2.75, 3.05) is 7.11 Å². The van der Waals surface area contributed by atoms with Gasteiger partial charge in [-0.15, -0.1) is 0 Å². The van der Waals surface area contributed by atoms with Crippen molar-refractivity contribution in [3.8, 4) is 0 Å². The molecule has 6 nitrogen and oxygen atoms in total. The summed E-state index contributed by atoms with van der Waals surface area (Å²) in [5.41, 5.74) is 0.645. The number of carboxylic acid groups (broad SMARTS) is 1. The molecule has 0 unspecified atom stereocenters. The molecule has 110 valence electrons. The number of carbonyl (C=O) groups excluding carboxylic acids is 3. The second kappa shape index (κ2) is 7.74. The van der Waals surface area contributed by atoms with Gasteiger partial charge in [0.25, 0.3) is 0 Å². The van der Waals surface area contributed by atoms with Gasteiger partial charge in [-0.05, 0) is 24.3 Å². The molecule has 0 saturated carbocycles. The smallest absolute Gasteiger partial charge is 0.337 e. The molecule has 0 radical (unpaired) electrons. The molecule has 2 aliphatic rings. The van der Waals surface area contributed by atoms with Crippen LogP contribution in [0.2, 0.25) is 0 Å². The maximum atomic E-state index is 10.8. The Kier molecular flexibility index (Phi) is 6.00. The normalized spacial score (nSPS) is 16.4. The third-order valence-electron chi connectivity index (χ3n) is 2.61. The number of hydrogen-bond donors (Lipinski definition) is 1. The van der Waals surface area contributed by atoms with E-state index in [0.717, 1.165) is 0 Å². The second-order valence-corrected chi connectivity index (χ2v) is 4.12. The van der Waals surface area contributed by atoms with Gasteiger partial charge in [0.15, 0.2) is 11.6 Å². The van der Waals surface area contributed by atoms with Crippen molar-refractivity contribution in [1.82, 2.24) is 0 Å². The van der Waals surface area contributed by atoms with Crippen molar-refractivity contribution >= 4 is 23.5 Å². The number of carboxylic acids is 1. The van der Waals surface area contributed by atoms with E-state index in [1.165, 1.54) is 37.5 Å². The minimum absolute atomic E-state index is 0.0117. The zero-order valence-corrected chi connectivity index (χ0v) is 11.4. The molecule has 0 bridgehead atoms. The third kappa shape index (κ3) is 5.40. The summed E-state index contributed by atoms with van der Waals surface area (Å²) in [4.78, 5) is 42.2. The Morgan fingerprint density at radius 2 is 1.43 bits per heavy atom. The fourth-order valence-corrected chi connectivity index (χ4v) is 1.49. The molecule has 0 amide bonds. The van der Waals surface area contributed by atoms with Crippen LogP contribution >= 0.6 is 0 Å². The maximum absolute atomic E-state index is 10.8. The molecule has 0 fully saturated rings. The van der Waals surface area contributed by atoms with Crippen LogP contribution in [-0.4, -0.2) is 35.7 Å². The summed E-state index contributed by atoms with van der Waals surface area (Å²) in [6.07, 6.45) is 8.92. The van der Waals surface area contributed by atoms with Gasteiger partial charge in [-0.25, -0.2) is 9.59 Å². The first-order chi connectivity index (χ1) is 9.93. The molecule has 21 heavy (non-hydrogen) atoms. The highest BCUT2D eigenvalue weighted by molar-refractivity contribution is 6.00. The van der Waals surface area contributed by atoms with E-state index >= 15 is 0 Å². The Labute approximate surface area is 121 Å². The average molecular weight is 290 g/mol. The molecule has 0 aromatic heterocycles. The molecule has 0 atom stereocenters. The Hall–Kier alpha value is -2.76. The molecule has 0 aliphatic heterocycles. The summed E-state index contributed by atoms with van der Waals surface area (Å²) in [5, 5.41) is 8.39. The number of hydrogen-bond acceptors (Lipinski definition) is 5. The predicted molar refractivity (Wildman–Crippen MR) is 73.3 cm³/mol. The number of esters is 1. The van der Waals surface area contributed by atoms with E-state index in [9.17, 15) is 19.2 Å². The van der Waals surface area contributed by atoms with E-state index in [1.807, 2.05) is 0 Å². The first-order valence-corrected chi connectivity index (χ1v) is 6.07. The van der Waals surface area contributed by atoms with Crippen LogP contribution in [0.1, 0.15) is 12.8 Å². The highest BCUT2D eigenvalue weighted by Crippen LogP contribution is 2.08. The van der Waals surface area contributed by atoms with Crippen LogP contribution in [0.25, 0.3) is 0 Å². The lowest BCUT2D eigenvalue weighted by molar-refractivity contribution is -0.136. The Morgan fingerprint density at radius 3 is 1.76 bits per heavy atom. The molecule has 2 aliphatic carbocycles. The molecule has 0 aromatic rings. The van der Waals surface area contributed by atoms with Crippen LogP contribution < -0.4 is 0 Å². The van der Waals surface area contributed by atoms with Crippen molar-refractivity contribution in [3.63, 3.8) is 0 Å². The highest BCUT2D eigenvalue weighted by atomic mass is 16.5. The number of ketones is 2. The SMILES string of the molecule is COC(=O)C1=CCC(=O)C=C1.O=C1C=CC(C(=O)O)=CC1. The van der Waals surface area contributed by atoms with Crippen molar-refractivity contribution in [3.05, 3.63) is 47.6 Å². The van der Waals surface area contributed by atoms with Gasteiger partial charge in [-0.2, -0.15) is 0 Å². The molecule has 0 heterocycles. The molecule has 1 N–H and O–H groups in total. The maximum Gasteiger partial charge on any atom is 0.337 e. The van der Waals surface area contributed by atoms with Crippen LogP contribution in [0.3, 0.4) is 0 Å². The zero-order chi connectivity index (χ0) is 15.8. The molecular weight excluding hydrogens is 276 g/mol. The molecule has 2 rings (SSSR count). The quantitative estimate of drug-likeness (QED) is 0.766. The number of methoxy groups -OCH3 is 1. The van der Waals surface area contributed by atoms with E-state index in [0.29, 0.717) is 12.0 Å². The molecule has 0 saturated heterocycles. The number of allylic oxidation sites excluding steroid dienone is 4. The Balaban J connectivity index is 0.000000211. The number of ether oxygens (including phenoxy) is 1. The second-order valence-electron chi connectivity index (χ2n) is 4.12. The predicted octanol–water partition coefficient (Wildman–Crippen LogP) is 1.14. The monoisotopic (exact) mass is 290 g/mol. The van der Waals surface area contributed by atoms with Crippen molar-refractivity contribution < 1.29 is 29.0 Å². The fraction of sp³-hybridized carbons (Fsp3) is 0.200. The molecule has 0 aromatic carbocycles. The topological polar surface area (TPSA) is 97.7 Å². The van der Waals surface area contributed by atoms with E-state index in [-0.39, 0.29) is 23.6 Å². The van der Waals surface area contributed by atoms with Gasteiger partial charge in [-0.3, -0.25) is 9.59 Å². The van der Waals surface area contributed by atoms with Gasteiger partial charge in [-0.1, -0.05) is 12.2 Å². The van der Waals surface area contributed by atoms with Gasteiger partial charge in [0.1, 0.15) is 0 Å². The highest BCUT2D eigenvalue weighted by Gasteiger charge is 2.10. The van der Waals surface area contributed by atoms with Crippen molar-refractivity contribution in [2.24, 2.45) is 0 Å². The fourth-order valence-electron chi connectivity index (χ4n) is 1.49. The molecule has 6 heteroatoms. The van der Waals surface area contributed by atoms with Gasteiger partial charge in [0.05, 0.1) is 18.3 Å². The lowest BCUT2D eigenvalue weighted by Crippen LogP contribution is -2.07. The van der Waals surface area contributed by atoms with Crippen LogP contribution in [0.5, 0.6) is 0 Å². The molecular formula is C15H14O6. The first-order valence-electron chi connectivity index (χ1n) is 6.07. The lowest BCUT2D eigenvalue weighted by atomic mass is 10.1. The van der Waals surface area contributed by atoms with Crippen LogP contribution in [-0.2, 0) is 23.9 Å². The van der Waals surface area contributed by atoms with E-state index in [2.05, 4.69) is 4.74 Å². The van der Waals surface area contributed by atoms with Gasteiger partial charge in [0.2, 0.25) is 0 Å². The van der Waals surface area contributed by atoms with Crippen molar-refractivity contribution in [2.45, 2.75) is 12.8 Å². The lowest BCUT2D eigenvalue weighted by Gasteiger charge is -2.02. The third-order valence-corrected chi connectivity index (χ3v) is 2.61. The number of rotatable bonds is 2. The van der Waals surface area contributed by atoms with Gasteiger partial charge in [0, 0.05) is 12.8 Å². The summed E-state index contributed by atoms with van der Waals surface area (Å²) in [5.74, 6) is -1.42. The van der Waals surface area contributed by atoms with E-state index in [1.54, 1.807) is 6.08 Å². The first kappa shape index (κ1) is 16.3. The Bertz CT molecular complexity index is 589. The summed E-state index contributed by atoms with van der Waals surface area (Å²) < 4.78 is 4.46. The number of aliphatic carboxylic acids is 1. The summed E-state index contributed by atoms with van der Waals surface area (Å²) in [6, 6.07) is 0. The van der Waals surface area contributed by atoms with Gasteiger partial charge >= 0.3 is 11.9 Å². The summed E-state index contributed by atoms with van der Waals surface area (Å²) in [6.45, 7) is 0. The van der Waals surface area contributed by atoms with Crippen molar-refractivity contribution in [1.29, 1.82) is 0 Å². The summed E-state index contributed by atoms with van der Waals surface area (Å²) >= 11 is 0. The average Bonchev–Trinajstić information content (AvgIpc) is 2.48. The molecule has 0 spiro atoms. The Morgan fingerprint density at radius 1 is 0.952 bits per heavy atom. The van der Waals surface area contributed by atoms with Crippen LogP contribution in [0.4, 0.5) is 0 Å². The minimum atomic E-state index is -0.983. The van der Waals surface area contributed by atoms with E-state index < -0.39 is 11.9 Å². The largest absolute Gasteiger partial charge is 0.478 e. The summed E-state index contributed by atoms with van der Waals surface area (Å²) in [7, 11) is 1.31. The standard InChI is InChI=1S/C8H8O3.C7H6O3/c1-11-8(10)6-2-4-7(9)5-3-6;8-6-3-1-5(2-4-6)7(9)10/h2-4H,5H2,1H3;1-3H,4H2,(H,9,10). The van der Waals surface area contributed by atoms with Gasteiger partial charge < -0.3 is 9.84 Å². The van der Waals surface area contributed by atoms with Crippen LogP contribution in [0, 0.1) is 0 Å². The zero-order valence-electron chi connectivity index (χ0n) is 11.4. The van der Waals surface area contributed by atoms with E-state index in [4.69, 9.17) is 5.11 Å². The minimum Gasteiger partial charge on any atom is -0.478 e.